The van der Waals surface area contributed by atoms with Crippen LogP contribution in [0, 0.1) is 37.2 Å². The number of anilines is 1. The highest BCUT2D eigenvalue weighted by Crippen LogP contribution is 2.43. The molecule has 0 amide bonds. The van der Waals surface area contributed by atoms with Crippen molar-refractivity contribution in [3.05, 3.63) is 84.7 Å². The molecule has 3 fully saturated rings. The topological polar surface area (TPSA) is 123 Å². The third-order valence-corrected chi connectivity index (χ3v) is 9.96. The molecule has 0 unspecified atom stereocenters. The minimum Gasteiger partial charge on any atom is -0.477 e. The zero-order chi connectivity index (χ0) is 38.8. The van der Waals surface area contributed by atoms with E-state index in [0.717, 1.165) is 23.0 Å². The van der Waals surface area contributed by atoms with Crippen LogP contribution in [0.1, 0.15) is 56.8 Å². The third kappa shape index (κ3) is 6.74. The van der Waals surface area contributed by atoms with E-state index in [1.54, 1.807) is 18.9 Å². The number of benzene rings is 2. The van der Waals surface area contributed by atoms with Gasteiger partial charge in [0.15, 0.2) is 11.6 Å². The van der Waals surface area contributed by atoms with Crippen molar-refractivity contribution < 1.29 is 54.3 Å². The number of carboxylic acid groups (broad SMARTS) is 1. The fourth-order valence-corrected chi connectivity index (χ4v) is 7.10. The summed E-state index contributed by atoms with van der Waals surface area (Å²) >= 11 is 0. The van der Waals surface area contributed by atoms with Gasteiger partial charge in [-0.05, 0) is 38.6 Å². The summed E-state index contributed by atoms with van der Waals surface area (Å²) in [4.78, 5) is 49.8. The smallest absolute Gasteiger partial charge is 0.477 e. The Bertz CT molecular complexity index is 2270. The van der Waals surface area contributed by atoms with E-state index >= 15 is 4.39 Å². The van der Waals surface area contributed by atoms with Gasteiger partial charge in [-0.25, -0.2) is 40.2 Å². The van der Waals surface area contributed by atoms with Crippen molar-refractivity contribution >= 4 is 46.9 Å². The summed E-state index contributed by atoms with van der Waals surface area (Å²) in [6.07, 6.45) is -0.201. The highest BCUT2D eigenvalue weighted by atomic mass is 19.2. The highest BCUT2D eigenvalue weighted by molar-refractivity contribution is 6.38. The number of carboxylic acids is 1. The predicted octanol–water partition coefficient (Wildman–Crippen LogP) is 5.38. The minimum atomic E-state index is -3.46. The summed E-state index contributed by atoms with van der Waals surface area (Å²) in [6, 6.07) is 0.0518. The van der Waals surface area contributed by atoms with E-state index in [0.29, 0.717) is 30.2 Å². The zero-order valence-electron chi connectivity index (χ0n) is 28.2. The molecule has 6 atom stereocenters. The molecule has 2 saturated carbocycles. The van der Waals surface area contributed by atoms with E-state index in [9.17, 15) is 54.9 Å². The van der Waals surface area contributed by atoms with Crippen molar-refractivity contribution in [2.45, 2.75) is 57.2 Å². The molecular formula is C34H31BF8N4O6. The number of halogens is 8. The van der Waals surface area contributed by atoms with Gasteiger partial charge >= 0.3 is 19.4 Å². The summed E-state index contributed by atoms with van der Waals surface area (Å²) < 4.78 is 114. The van der Waals surface area contributed by atoms with Crippen molar-refractivity contribution in [1.82, 2.24) is 14.5 Å². The van der Waals surface area contributed by atoms with Crippen molar-refractivity contribution in [2.24, 2.45) is 5.92 Å². The van der Waals surface area contributed by atoms with Crippen molar-refractivity contribution in [3.63, 3.8) is 0 Å². The van der Waals surface area contributed by atoms with Gasteiger partial charge in [-0.2, -0.15) is 0 Å². The van der Waals surface area contributed by atoms with E-state index in [1.165, 1.54) is 11.5 Å². The third-order valence-electron chi connectivity index (χ3n) is 9.96. The molecule has 2 aliphatic carbocycles. The van der Waals surface area contributed by atoms with Gasteiger partial charge in [0, 0.05) is 66.6 Å². The maximum atomic E-state index is 15.1. The lowest BCUT2D eigenvalue weighted by Crippen LogP contribution is -2.34. The van der Waals surface area contributed by atoms with Crippen LogP contribution in [-0.4, -0.2) is 78.8 Å². The van der Waals surface area contributed by atoms with Crippen molar-refractivity contribution in [3.8, 4) is 0 Å². The van der Waals surface area contributed by atoms with Gasteiger partial charge in [-0.3, -0.25) is 14.0 Å². The van der Waals surface area contributed by atoms with Crippen molar-refractivity contribution in [1.29, 1.82) is 0 Å². The van der Waals surface area contributed by atoms with Crippen LogP contribution in [0.2, 0.25) is 0 Å². The average Bonchev–Trinajstić information content (AvgIpc) is 3.97. The second-order valence-corrected chi connectivity index (χ2v) is 13.3. The number of carbonyl (C=O) groups excluding carboxylic acids is 1. The van der Waals surface area contributed by atoms with Gasteiger partial charge in [-0.15, -0.1) is 0 Å². The molecule has 1 aliphatic heterocycles. The van der Waals surface area contributed by atoms with Crippen LogP contribution < -0.4 is 21.1 Å². The SMILES string of the molecule is CN[C@@H]1CN(c2c(F)cc3c(=O)c(C(=O)O)cn([C@@H]4C[C@@H]4F)c3c2C)C[C@@H]1CF.Cc1c(F)c(F)cc2c(=O)c(C(=O)OB(F)F)cn([C@@H]3C[C@@H]3F)c12. The summed E-state index contributed by atoms with van der Waals surface area (Å²) in [7, 11) is -1.73. The van der Waals surface area contributed by atoms with Crippen LogP contribution in [0.5, 0.6) is 0 Å². The molecule has 53 heavy (non-hydrogen) atoms. The van der Waals surface area contributed by atoms with Gasteiger partial charge in [0.25, 0.3) is 0 Å². The molecule has 4 aromatic rings. The van der Waals surface area contributed by atoms with E-state index < -0.39 is 95.3 Å². The number of likely N-dealkylation sites (N-methyl/N-ethyl adjacent to an activating group) is 1. The number of rotatable bonds is 8. The molecule has 282 valence electrons. The predicted molar refractivity (Wildman–Crippen MR) is 178 cm³/mol. The largest absolute Gasteiger partial charge is 0.798 e. The Morgan fingerprint density at radius 1 is 0.887 bits per heavy atom. The van der Waals surface area contributed by atoms with Gasteiger partial charge in [0.2, 0.25) is 10.9 Å². The number of pyridine rings is 2. The van der Waals surface area contributed by atoms with Gasteiger partial charge in [0.05, 0.1) is 35.5 Å². The van der Waals surface area contributed by atoms with E-state index in [-0.39, 0.29) is 47.0 Å². The first-order valence-corrected chi connectivity index (χ1v) is 16.4. The lowest BCUT2D eigenvalue weighted by molar-refractivity contribution is 0.0682. The maximum absolute atomic E-state index is 15.1. The quantitative estimate of drug-likeness (QED) is 0.182. The standard InChI is InChI=1S/C20H22F3N3O3.C14H9BF5NO3/c1-9-17-11(19(27)12(20(28)29)7-26(17)16-4-13(16)22)3-14(23)18(9)25-6-10(5-21)15(8-25)24-2;1-5-11(18)9(17)2-6-12(5)21(10-3-8(10)16)4-7(13(6)22)14(23)24-15(19)20/h3,7,10,13,15-16,24H,4-6,8H2,1-2H3,(H,28,29);2,4,8,10H,3H2,1H3/t10-,13-,15+,16+;8-,10+/m00/s1. The zero-order valence-corrected chi connectivity index (χ0v) is 28.2. The molecule has 3 heterocycles. The molecule has 0 bridgehead atoms. The minimum absolute atomic E-state index is 0.0414. The van der Waals surface area contributed by atoms with Gasteiger partial charge in [0.1, 0.15) is 29.3 Å². The number of nitrogens with one attached hydrogen (secondary N) is 1. The molecule has 3 aliphatic rings. The molecule has 0 radical (unpaired) electrons. The molecule has 1 saturated heterocycles. The number of carbonyl (C=O) groups is 2. The normalized spacial score (nSPS) is 23.2. The summed E-state index contributed by atoms with van der Waals surface area (Å²) in [5.41, 5.74) is -2.55. The lowest BCUT2D eigenvalue weighted by atomic mass is 10.0. The van der Waals surface area contributed by atoms with E-state index in [1.807, 2.05) is 0 Å². The fourth-order valence-electron chi connectivity index (χ4n) is 7.10. The summed E-state index contributed by atoms with van der Waals surface area (Å²) in [5.74, 6) is -6.59. The Hall–Kier alpha value is -4.94. The van der Waals surface area contributed by atoms with Gasteiger partial charge < -0.3 is 29.1 Å². The number of alkyl halides is 3. The Morgan fingerprint density at radius 2 is 1.40 bits per heavy atom. The second-order valence-electron chi connectivity index (χ2n) is 13.3. The first-order valence-electron chi connectivity index (χ1n) is 16.4. The first-order chi connectivity index (χ1) is 25.0. The lowest BCUT2D eigenvalue weighted by Gasteiger charge is -2.24. The van der Waals surface area contributed by atoms with Crippen LogP contribution in [0.3, 0.4) is 0 Å². The Labute approximate surface area is 295 Å². The van der Waals surface area contributed by atoms with Crippen LogP contribution in [0.15, 0.2) is 34.1 Å². The highest BCUT2D eigenvalue weighted by Gasteiger charge is 2.42. The number of nitrogens with zero attached hydrogens (tertiary/aromatic N) is 3. The molecular weight excluding hydrogens is 723 g/mol. The number of fused-ring (bicyclic) bond motifs is 2. The average molecular weight is 754 g/mol. The first kappa shape index (κ1) is 37.8. The molecule has 2 N–H and O–H groups in total. The molecule has 19 heteroatoms. The Kier molecular flexibility index (Phi) is 10.1. The number of aromatic carboxylic acids is 1. The second kappa shape index (κ2) is 14.1. The molecule has 7 rings (SSSR count). The van der Waals surface area contributed by atoms with Crippen LogP contribution in [0.25, 0.3) is 21.8 Å². The number of aryl methyl sites for hydroxylation is 2. The van der Waals surface area contributed by atoms with E-state index in [4.69, 9.17) is 0 Å². The fraction of sp³-hybridized carbons (Fsp3) is 0.412. The number of hydrogen-bond donors (Lipinski definition) is 2. The summed E-state index contributed by atoms with van der Waals surface area (Å²) in [6.45, 7) is 2.97. The number of aromatic nitrogens is 2. The molecule has 2 aromatic heterocycles. The Morgan fingerprint density at radius 3 is 1.87 bits per heavy atom. The molecule has 0 spiro atoms. The number of hydrogen-bond acceptors (Lipinski definition) is 7. The van der Waals surface area contributed by atoms with Crippen LogP contribution in [-0.2, 0) is 4.65 Å². The van der Waals surface area contributed by atoms with Crippen LogP contribution in [0.4, 0.5) is 40.7 Å². The van der Waals surface area contributed by atoms with Gasteiger partial charge in [-0.1, -0.05) is 0 Å². The monoisotopic (exact) mass is 754 g/mol. The Balaban J connectivity index is 0.000000185. The van der Waals surface area contributed by atoms with E-state index in [2.05, 4.69) is 9.97 Å². The maximum Gasteiger partial charge on any atom is 0.798 e. The summed E-state index contributed by atoms with van der Waals surface area (Å²) in [5, 5.41) is 11.9. The van der Waals surface area contributed by atoms with Crippen molar-refractivity contribution in [2.75, 3.05) is 31.7 Å². The molecule has 2 aromatic carbocycles. The van der Waals surface area contributed by atoms with Crippen LogP contribution >= 0.6 is 0 Å². The molecule has 10 nitrogen and oxygen atoms in total.